The maximum atomic E-state index is 6.16. The fourth-order valence-corrected chi connectivity index (χ4v) is 4.74. The lowest BCUT2D eigenvalue weighted by Crippen LogP contribution is -2.17. The van der Waals surface area contributed by atoms with Crippen LogP contribution in [0.5, 0.6) is 0 Å². The topological polar surface area (TPSA) is 113 Å². The summed E-state index contributed by atoms with van der Waals surface area (Å²) in [6.07, 6.45) is 2.86. The zero-order valence-electron chi connectivity index (χ0n) is 21.9. The Hall–Kier alpha value is -4.46. The van der Waals surface area contributed by atoms with E-state index in [0.29, 0.717) is 6.54 Å². The molecule has 0 atom stereocenters. The van der Waals surface area contributed by atoms with Gasteiger partial charge in [-0.1, -0.05) is 31.2 Å². The van der Waals surface area contributed by atoms with Crippen LogP contribution < -0.4 is 11.6 Å². The summed E-state index contributed by atoms with van der Waals surface area (Å²) in [5, 5.41) is 8.39. The number of aryl methyl sites for hydroxylation is 5. The van der Waals surface area contributed by atoms with Gasteiger partial charge in [-0.25, -0.2) is 14.6 Å². The van der Waals surface area contributed by atoms with Crippen molar-refractivity contribution in [2.75, 3.05) is 0 Å². The standard InChI is InChI=1S/C29H32N8/c1-6-26-33-27-17(2)13-19(4)32-29(27)36(26)16-21-7-9-22(10-8-21)25-14-23(11-12-24(25)28(30)34-31)37-15-18(3)20(5)35-37/h7-15H,6,16,31H2,1-5H3,(H2,30,34). The first kappa shape index (κ1) is 24.2. The van der Waals surface area contributed by atoms with Crippen molar-refractivity contribution < 1.29 is 0 Å². The number of nitrogens with two attached hydrogens (primary N) is 2. The summed E-state index contributed by atoms with van der Waals surface area (Å²) in [6.45, 7) is 11.0. The molecule has 3 aromatic heterocycles. The molecule has 0 saturated heterocycles. The average Bonchev–Trinajstić information content (AvgIpc) is 3.42. The van der Waals surface area contributed by atoms with E-state index in [1.54, 1.807) is 0 Å². The van der Waals surface area contributed by atoms with Gasteiger partial charge in [0.25, 0.3) is 0 Å². The number of rotatable bonds is 6. The SMILES string of the molecule is CCc1nc2c(C)cc(C)nc2n1Cc1ccc(-c2cc(-n3cc(C)c(C)n3)ccc2/C(N)=N/N)cc1. The molecule has 0 fully saturated rings. The number of fused-ring (bicyclic) bond motifs is 1. The molecule has 4 N–H and O–H groups in total. The van der Waals surface area contributed by atoms with Crippen LogP contribution in [0.4, 0.5) is 0 Å². The molecular weight excluding hydrogens is 460 g/mol. The summed E-state index contributed by atoms with van der Waals surface area (Å²) in [5.74, 6) is 6.87. The highest BCUT2D eigenvalue weighted by molar-refractivity contribution is 6.03. The predicted octanol–water partition coefficient (Wildman–Crippen LogP) is 4.71. The van der Waals surface area contributed by atoms with Crippen molar-refractivity contribution in [2.24, 2.45) is 16.7 Å². The summed E-state index contributed by atoms with van der Waals surface area (Å²) in [4.78, 5) is 9.68. The first-order chi connectivity index (χ1) is 17.8. The number of pyridine rings is 1. The van der Waals surface area contributed by atoms with Crippen LogP contribution in [0.2, 0.25) is 0 Å². The van der Waals surface area contributed by atoms with E-state index in [-0.39, 0.29) is 5.84 Å². The van der Waals surface area contributed by atoms with Gasteiger partial charge >= 0.3 is 0 Å². The Morgan fingerprint density at radius 1 is 0.946 bits per heavy atom. The van der Waals surface area contributed by atoms with Gasteiger partial charge in [-0.2, -0.15) is 10.2 Å². The summed E-state index contributed by atoms with van der Waals surface area (Å²) in [7, 11) is 0. The van der Waals surface area contributed by atoms with Crippen molar-refractivity contribution in [1.29, 1.82) is 0 Å². The van der Waals surface area contributed by atoms with Gasteiger partial charge < -0.3 is 16.1 Å². The van der Waals surface area contributed by atoms with E-state index in [4.69, 9.17) is 21.5 Å². The minimum absolute atomic E-state index is 0.285. The highest BCUT2D eigenvalue weighted by atomic mass is 15.3. The van der Waals surface area contributed by atoms with E-state index in [1.165, 1.54) is 0 Å². The Bertz CT molecular complexity index is 1620. The third-order valence-electron chi connectivity index (χ3n) is 6.85. The van der Waals surface area contributed by atoms with Crippen molar-refractivity contribution in [2.45, 2.75) is 47.6 Å². The molecular formula is C29H32N8. The summed E-state index contributed by atoms with van der Waals surface area (Å²) < 4.78 is 4.10. The van der Waals surface area contributed by atoms with Crippen molar-refractivity contribution in [3.63, 3.8) is 0 Å². The zero-order chi connectivity index (χ0) is 26.3. The minimum Gasteiger partial charge on any atom is -0.382 e. The minimum atomic E-state index is 0.285. The molecule has 5 rings (SSSR count). The van der Waals surface area contributed by atoms with Gasteiger partial charge in [-0.05, 0) is 79.8 Å². The van der Waals surface area contributed by atoms with Crippen LogP contribution in [0.15, 0.2) is 59.8 Å². The zero-order valence-corrected chi connectivity index (χ0v) is 21.9. The van der Waals surface area contributed by atoms with Crippen molar-refractivity contribution in [1.82, 2.24) is 24.3 Å². The van der Waals surface area contributed by atoms with E-state index in [2.05, 4.69) is 71.9 Å². The molecule has 188 valence electrons. The van der Waals surface area contributed by atoms with Crippen LogP contribution in [0.25, 0.3) is 28.0 Å². The Balaban J connectivity index is 1.54. The third kappa shape index (κ3) is 4.46. The molecule has 37 heavy (non-hydrogen) atoms. The Kier molecular flexibility index (Phi) is 6.25. The van der Waals surface area contributed by atoms with E-state index >= 15 is 0 Å². The average molecular weight is 493 g/mol. The number of aromatic nitrogens is 5. The Labute approximate surface area is 216 Å². The predicted molar refractivity (Wildman–Crippen MR) is 149 cm³/mol. The number of hydrogen-bond acceptors (Lipinski definition) is 5. The van der Waals surface area contributed by atoms with Gasteiger partial charge in [0.1, 0.15) is 11.3 Å². The normalized spacial score (nSPS) is 12.0. The van der Waals surface area contributed by atoms with Crippen molar-refractivity contribution in [3.8, 4) is 16.8 Å². The molecule has 3 heterocycles. The molecule has 0 aliphatic rings. The van der Waals surface area contributed by atoms with Crippen LogP contribution >= 0.6 is 0 Å². The lowest BCUT2D eigenvalue weighted by atomic mass is 9.97. The van der Waals surface area contributed by atoms with E-state index in [1.807, 2.05) is 36.9 Å². The molecule has 0 bridgehead atoms. The molecule has 0 spiro atoms. The molecule has 0 saturated carbocycles. The molecule has 8 nitrogen and oxygen atoms in total. The fourth-order valence-electron chi connectivity index (χ4n) is 4.74. The van der Waals surface area contributed by atoms with Gasteiger partial charge in [0.15, 0.2) is 11.5 Å². The smallest absolute Gasteiger partial charge is 0.160 e. The highest BCUT2D eigenvalue weighted by Crippen LogP contribution is 2.28. The number of hydrazone groups is 1. The summed E-state index contributed by atoms with van der Waals surface area (Å²) in [5.41, 5.74) is 17.2. The largest absolute Gasteiger partial charge is 0.382 e. The van der Waals surface area contributed by atoms with Crippen molar-refractivity contribution >= 4 is 17.0 Å². The summed E-state index contributed by atoms with van der Waals surface area (Å²) >= 11 is 0. The second-order valence-electron chi connectivity index (χ2n) is 9.50. The van der Waals surface area contributed by atoms with Crippen LogP contribution in [0.3, 0.4) is 0 Å². The van der Waals surface area contributed by atoms with E-state index in [9.17, 15) is 0 Å². The maximum Gasteiger partial charge on any atom is 0.160 e. The molecule has 0 aliphatic heterocycles. The first-order valence-corrected chi connectivity index (χ1v) is 12.4. The number of hydrogen-bond donors (Lipinski definition) is 2. The van der Waals surface area contributed by atoms with E-state index in [0.717, 1.165) is 73.9 Å². The molecule has 5 aromatic rings. The van der Waals surface area contributed by atoms with Crippen LogP contribution in [-0.4, -0.2) is 30.2 Å². The van der Waals surface area contributed by atoms with Gasteiger partial charge in [0.05, 0.1) is 17.9 Å². The molecule has 8 heteroatoms. The maximum absolute atomic E-state index is 6.16. The lowest BCUT2D eigenvalue weighted by Gasteiger charge is -2.13. The van der Waals surface area contributed by atoms with Gasteiger partial charge in [0, 0.05) is 23.9 Å². The monoisotopic (exact) mass is 492 g/mol. The second-order valence-corrected chi connectivity index (χ2v) is 9.50. The highest BCUT2D eigenvalue weighted by Gasteiger charge is 2.15. The van der Waals surface area contributed by atoms with Crippen LogP contribution in [-0.2, 0) is 13.0 Å². The molecule has 0 amide bonds. The number of benzene rings is 2. The van der Waals surface area contributed by atoms with E-state index < -0.39 is 0 Å². The Morgan fingerprint density at radius 2 is 1.70 bits per heavy atom. The molecule has 0 aliphatic carbocycles. The van der Waals surface area contributed by atoms with Gasteiger partial charge in [0.2, 0.25) is 0 Å². The van der Waals surface area contributed by atoms with Crippen molar-refractivity contribution in [3.05, 3.63) is 94.2 Å². The quantitative estimate of drug-likeness (QED) is 0.154. The first-order valence-electron chi connectivity index (χ1n) is 12.4. The van der Waals surface area contributed by atoms with Gasteiger partial charge in [-0.3, -0.25) is 0 Å². The van der Waals surface area contributed by atoms with Crippen LogP contribution in [0.1, 0.15) is 46.4 Å². The molecule has 0 unspecified atom stereocenters. The number of nitrogens with zero attached hydrogens (tertiary/aromatic N) is 6. The molecule has 0 radical (unpaired) electrons. The molecule has 2 aromatic carbocycles. The third-order valence-corrected chi connectivity index (χ3v) is 6.85. The summed E-state index contributed by atoms with van der Waals surface area (Å²) in [6, 6.07) is 16.6. The Morgan fingerprint density at radius 3 is 2.35 bits per heavy atom. The van der Waals surface area contributed by atoms with Gasteiger partial charge in [-0.15, -0.1) is 0 Å². The number of imidazole rings is 1. The fraction of sp³-hybridized carbons (Fsp3) is 0.241. The van der Waals surface area contributed by atoms with Crippen LogP contribution in [0, 0.1) is 27.7 Å². The lowest BCUT2D eigenvalue weighted by molar-refractivity contribution is 0.745. The number of amidine groups is 1. The second kappa shape index (κ2) is 9.54.